The number of hydrogen-bond acceptors (Lipinski definition) is 5. The van der Waals surface area contributed by atoms with Gasteiger partial charge in [0, 0.05) is 31.9 Å². The third kappa shape index (κ3) is 2.18. The van der Waals surface area contributed by atoms with Crippen LogP contribution < -0.4 is 9.80 Å². The Morgan fingerprint density at radius 2 is 1.62 bits per heavy atom. The molecular weight excluding hydrogens is 264 g/mol. The molecule has 1 fully saturated rings. The van der Waals surface area contributed by atoms with Crippen molar-refractivity contribution in [3.8, 4) is 0 Å². The van der Waals surface area contributed by atoms with E-state index in [1.807, 2.05) is 0 Å². The number of aromatic amines is 1. The molecule has 1 saturated heterocycles. The highest BCUT2D eigenvalue weighted by Crippen LogP contribution is 2.22. The minimum Gasteiger partial charge on any atom is -0.368 e. The number of H-pyrrole nitrogens is 1. The lowest BCUT2D eigenvalue weighted by atomic mass is 10.2. The van der Waals surface area contributed by atoms with Crippen LogP contribution in [0.25, 0.3) is 11.2 Å². The number of nitrogens with zero attached hydrogens (tertiary/aromatic N) is 5. The van der Waals surface area contributed by atoms with Crippen LogP contribution in [0.15, 0.2) is 43.0 Å². The molecule has 2 aromatic heterocycles. The van der Waals surface area contributed by atoms with Gasteiger partial charge in [0.25, 0.3) is 0 Å². The minimum atomic E-state index is 0.797. The van der Waals surface area contributed by atoms with E-state index in [1.54, 1.807) is 12.7 Å². The highest BCUT2D eigenvalue weighted by molar-refractivity contribution is 5.82. The molecule has 0 amide bonds. The van der Waals surface area contributed by atoms with Crippen molar-refractivity contribution in [3.63, 3.8) is 0 Å². The van der Waals surface area contributed by atoms with Gasteiger partial charge < -0.3 is 14.8 Å². The molecule has 0 bridgehead atoms. The maximum Gasteiger partial charge on any atom is 0.162 e. The van der Waals surface area contributed by atoms with Crippen LogP contribution in [0.3, 0.4) is 0 Å². The average Bonchev–Trinajstić information content (AvgIpc) is 3.04. The Hall–Kier alpha value is -2.63. The standard InChI is InChI=1S/C15H16N6/c1-2-4-12(5-3-1)20-6-8-21(9-7-20)15-13-14(17-10-16-13)18-11-19-15/h1-5,10-11H,6-9H2,(H,16,17,18,19). The summed E-state index contributed by atoms with van der Waals surface area (Å²) >= 11 is 0. The van der Waals surface area contributed by atoms with Gasteiger partial charge in [-0.1, -0.05) is 18.2 Å². The maximum atomic E-state index is 4.41. The van der Waals surface area contributed by atoms with Crippen molar-refractivity contribution in [2.75, 3.05) is 36.0 Å². The fourth-order valence-corrected chi connectivity index (χ4v) is 2.80. The molecule has 0 atom stereocenters. The zero-order chi connectivity index (χ0) is 14.1. The summed E-state index contributed by atoms with van der Waals surface area (Å²) in [4.78, 5) is 20.7. The van der Waals surface area contributed by atoms with Gasteiger partial charge in [-0.25, -0.2) is 15.0 Å². The molecule has 1 aliphatic heterocycles. The van der Waals surface area contributed by atoms with Crippen LogP contribution in [0.2, 0.25) is 0 Å². The van der Waals surface area contributed by atoms with E-state index in [1.165, 1.54) is 5.69 Å². The number of imidazole rings is 1. The highest BCUT2D eigenvalue weighted by atomic mass is 15.3. The first-order valence-electron chi connectivity index (χ1n) is 7.11. The summed E-state index contributed by atoms with van der Waals surface area (Å²) in [7, 11) is 0. The first-order chi connectivity index (χ1) is 10.4. The van der Waals surface area contributed by atoms with Crippen LogP contribution in [0.4, 0.5) is 11.5 Å². The van der Waals surface area contributed by atoms with Gasteiger partial charge in [0.05, 0.1) is 6.33 Å². The summed E-state index contributed by atoms with van der Waals surface area (Å²) in [5, 5.41) is 0. The van der Waals surface area contributed by atoms with Crippen LogP contribution in [-0.4, -0.2) is 46.1 Å². The molecule has 6 heteroatoms. The molecule has 1 aromatic carbocycles. The molecule has 0 radical (unpaired) electrons. The molecule has 106 valence electrons. The molecule has 3 aromatic rings. The van der Waals surface area contributed by atoms with Gasteiger partial charge in [-0.05, 0) is 12.1 Å². The van der Waals surface area contributed by atoms with E-state index in [-0.39, 0.29) is 0 Å². The van der Waals surface area contributed by atoms with Crippen molar-refractivity contribution in [2.45, 2.75) is 0 Å². The largest absolute Gasteiger partial charge is 0.368 e. The maximum absolute atomic E-state index is 4.41. The van der Waals surface area contributed by atoms with Crippen LogP contribution in [0.5, 0.6) is 0 Å². The van der Waals surface area contributed by atoms with Crippen LogP contribution >= 0.6 is 0 Å². The topological polar surface area (TPSA) is 60.9 Å². The van der Waals surface area contributed by atoms with Gasteiger partial charge >= 0.3 is 0 Å². The Labute approximate surface area is 122 Å². The predicted molar refractivity (Wildman–Crippen MR) is 82.6 cm³/mol. The smallest absolute Gasteiger partial charge is 0.162 e. The Morgan fingerprint density at radius 3 is 2.43 bits per heavy atom. The zero-order valence-corrected chi connectivity index (χ0v) is 11.6. The second-order valence-corrected chi connectivity index (χ2v) is 5.11. The number of aromatic nitrogens is 4. The van der Waals surface area contributed by atoms with Crippen LogP contribution in [0, 0.1) is 0 Å². The molecule has 1 aliphatic rings. The van der Waals surface area contributed by atoms with E-state index < -0.39 is 0 Å². The zero-order valence-electron chi connectivity index (χ0n) is 11.6. The van der Waals surface area contributed by atoms with Crippen molar-refractivity contribution < 1.29 is 0 Å². The third-order valence-corrected chi connectivity index (χ3v) is 3.90. The molecule has 21 heavy (non-hydrogen) atoms. The fourth-order valence-electron chi connectivity index (χ4n) is 2.80. The van der Waals surface area contributed by atoms with E-state index in [2.05, 4.69) is 60.1 Å². The second kappa shape index (κ2) is 5.05. The number of nitrogens with one attached hydrogen (secondary N) is 1. The Bertz CT molecular complexity index is 730. The number of rotatable bonds is 2. The van der Waals surface area contributed by atoms with Gasteiger partial charge in [-0.2, -0.15) is 0 Å². The summed E-state index contributed by atoms with van der Waals surface area (Å²) in [6.45, 7) is 3.85. The number of piperazine rings is 1. The van der Waals surface area contributed by atoms with Crippen molar-refractivity contribution in [3.05, 3.63) is 43.0 Å². The lowest BCUT2D eigenvalue weighted by molar-refractivity contribution is 0.648. The molecule has 0 unspecified atom stereocenters. The molecule has 0 spiro atoms. The van der Waals surface area contributed by atoms with Gasteiger partial charge in [0.2, 0.25) is 0 Å². The first-order valence-corrected chi connectivity index (χ1v) is 7.11. The molecule has 0 aliphatic carbocycles. The first kappa shape index (κ1) is 12.1. The summed E-state index contributed by atoms with van der Waals surface area (Å²) in [6.07, 6.45) is 3.27. The molecule has 6 nitrogen and oxygen atoms in total. The van der Waals surface area contributed by atoms with Crippen molar-refractivity contribution in [1.29, 1.82) is 0 Å². The van der Waals surface area contributed by atoms with E-state index in [0.717, 1.165) is 43.2 Å². The number of hydrogen-bond donors (Lipinski definition) is 1. The fraction of sp³-hybridized carbons (Fsp3) is 0.267. The van der Waals surface area contributed by atoms with Gasteiger partial charge in [0.1, 0.15) is 11.8 Å². The van der Waals surface area contributed by atoms with Crippen LogP contribution in [-0.2, 0) is 0 Å². The summed E-state index contributed by atoms with van der Waals surface area (Å²) in [5.41, 5.74) is 2.93. The minimum absolute atomic E-state index is 0.797. The van der Waals surface area contributed by atoms with Gasteiger partial charge in [-0.3, -0.25) is 0 Å². The number of benzene rings is 1. The van der Waals surface area contributed by atoms with E-state index in [0.29, 0.717) is 0 Å². The Kier molecular flexibility index (Phi) is 2.92. The molecule has 0 saturated carbocycles. The van der Waals surface area contributed by atoms with Gasteiger partial charge in [-0.15, -0.1) is 0 Å². The van der Waals surface area contributed by atoms with E-state index >= 15 is 0 Å². The molecular formula is C15H16N6. The monoisotopic (exact) mass is 280 g/mol. The summed E-state index contributed by atoms with van der Waals surface area (Å²) < 4.78 is 0. The van der Waals surface area contributed by atoms with Crippen molar-refractivity contribution in [1.82, 2.24) is 19.9 Å². The number of anilines is 2. The summed E-state index contributed by atoms with van der Waals surface area (Å²) in [6, 6.07) is 10.5. The Morgan fingerprint density at radius 1 is 0.857 bits per heavy atom. The lowest BCUT2D eigenvalue weighted by Gasteiger charge is -2.36. The molecule has 1 N–H and O–H groups in total. The second-order valence-electron chi connectivity index (χ2n) is 5.11. The quantitative estimate of drug-likeness (QED) is 0.774. The lowest BCUT2D eigenvalue weighted by Crippen LogP contribution is -2.46. The average molecular weight is 280 g/mol. The SMILES string of the molecule is c1ccc(N2CCN(c3ncnc4[nH]cnc34)CC2)cc1. The Balaban J connectivity index is 1.54. The number of para-hydroxylation sites is 1. The van der Waals surface area contributed by atoms with Gasteiger partial charge in [0.15, 0.2) is 11.5 Å². The number of fused-ring (bicyclic) bond motifs is 1. The third-order valence-electron chi connectivity index (χ3n) is 3.90. The molecule has 3 heterocycles. The van der Waals surface area contributed by atoms with Crippen LogP contribution in [0.1, 0.15) is 0 Å². The normalized spacial score (nSPS) is 15.6. The van der Waals surface area contributed by atoms with Crippen molar-refractivity contribution in [2.24, 2.45) is 0 Å². The van der Waals surface area contributed by atoms with E-state index in [4.69, 9.17) is 0 Å². The predicted octanol–water partition coefficient (Wildman–Crippen LogP) is 1.68. The van der Waals surface area contributed by atoms with E-state index in [9.17, 15) is 0 Å². The summed E-state index contributed by atoms with van der Waals surface area (Å²) in [5.74, 6) is 0.925. The molecule has 4 rings (SSSR count). The van der Waals surface area contributed by atoms with Crippen molar-refractivity contribution >= 4 is 22.7 Å². The highest BCUT2D eigenvalue weighted by Gasteiger charge is 2.20.